The van der Waals surface area contributed by atoms with Crippen molar-refractivity contribution >= 4 is 5.97 Å². The Bertz CT molecular complexity index is 854. The molecule has 6 heteroatoms. The van der Waals surface area contributed by atoms with Crippen LogP contribution in [0.5, 0.6) is 0 Å². The highest BCUT2D eigenvalue weighted by atomic mass is 16.5. The van der Waals surface area contributed by atoms with Gasteiger partial charge in [-0.05, 0) is 43.7 Å². The molecule has 2 heterocycles. The Morgan fingerprint density at radius 3 is 2.57 bits per heavy atom. The molecule has 23 heavy (non-hydrogen) atoms. The Morgan fingerprint density at radius 1 is 1.13 bits per heavy atom. The maximum absolute atomic E-state index is 11.6. The van der Waals surface area contributed by atoms with Crippen molar-refractivity contribution in [2.75, 3.05) is 7.11 Å². The molecule has 3 rings (SSSR count). The van der Waals surface area contributed by atoms with Gasteiger partial charge in [-0.3, -0.25) is 4.98 Å². The number of ether oxygens (including phenoxy) is 1. The van der Waals surface area contributed by atoms with Crippen molar-refractivity contribution in [1.82, 2.24) is 15.1 Å². The van der Waals surface area contributed by atoms with Crippen molar-refractivity contribution in [2.24, 2.45) is 0 Å². The van der Waals surface area contributed by atoms with E-state index in [0.717, 1.165) is 22.4 Å². The van der Waals surface area contributed by atoms with Gasteiger partial charge in [0.1, 0.15) is 0 Å². The molecule has 0 fully saturated rings. The molecule has 6 nitrogen and oxygen atoms in total. The van der Waals surface area contributed by atoms with E-state index in [-0.39, 0.29) is 5.97 Å². The summed E-state index contributed by atoms with van der Waals surface area (Å²) in [5.41, 5.74) is 3.75. The monoisotopic (exact) mass is 309 g/mol. The van der Waals surface area contributed by atoms with Crippen LogP contribution in [0.4, 0.5) is 0 Å². The molecule has 0 amide bonds. The lowest BCUT2D eigenvalue weighted by Crippen LogP contribution is -2.03. The molecular formula is C17H15N3O3. The Labute approximate surface area is 133 Å². The third-order valence-electron chi connectivity index (χ3n) is 3.47. The fourth-order valence-electron chi connectivity index (χ4n) is 2.19. The second-order valence-corrected chi connectivity index (χ2v) is 5.13. The van der Waals surface area contributed by atoms with E-state index in [1.807, 2.05) is 32.0 Å². The number of aryl methyl sites for hydroxylation is 2. The average Bonchev–Trinajstić information content (AvgIpc) is 3.04. The number of carbonyl (C=O) groups excluding carboxylic acids is 1. The minimum absolute atomic E-state index is 0.367. The Morgan fingerprint density at radius 2 is 1.91 bits per heavy atom. The van der Waals surface area contributed by atoms with Gasteiger partial charge in [-0.1, -0.05) is 11.2 Å². The molecule has 0 saturated heterocycles. The molecule has 1 aromatic carbocycles. The predicted octanol–water partition coefficient (Wildman–Crippen LogP) is 3.20. The minimum atomic E-state index is -0.367. The molecule has 3 aromatic rings. The number of pyridine rings is 1. The highest BCUT2D eigenvalue weighted by Gasteiger charge is 2.14. The van der Waals surface area contributed by atoms with E-state index in [9.17, 15) is 4.79 Å². The lowest BCUT2D eigenvalue weighted by molar-refractivity contribution is 0.0600. The van der Waals surface area contributed by atoms with Crippen molar-refractivity contribution < 1.29 is 14.1 Å². The summed E-state index contributed by atoms with van der Waals surface area (Å²) in [5.74, 6) is 0.496. The Kier molecular flexibility index (Phi) is 3.89. The fourth-order valence-corrected chi connectivity index (χ4v) is 2.19. The first-order valence-electron chi connectivity index (χ1n) is 7.04. The molecule has 0 radical (unpaired) electrons. The molecule has 0 aliphatic carbocycles. The standard InChI is InChI=1S/C17H15N3O3/c1-10-8-12(6-7-14(10)17(21)22-3)15-19-16(23-20-15)13-5-4-11(2)18-9-13/h4-9H,1-3H3. The smallest absolute Gasteiger partial charge is 0.338 e. The largest absolute Gasteiger partial charge is 0.465 e. The number of benzene rings is 1. The summed E-state index contributed by atoms with van der Waals surface area (Å²) in [6, 6.07) is 9.05. The van der Waals surface area contributed by atoms with Crippen LogP contribution in [0, 0.1) is 13.8 Å². The fraction of sp³-hybridized carbons (Fsp3) is 0.176. The first-order valence-corrected chi connectivity index (χ1v) is 7.04. The van der Waals surface area contributed by atoms with Gasteiger partial charge in [-0.15, -0.1) is 0 Å². The predicted molar refractivity (Wildman–Crippen MR) is 83.8 cm³/mol. The lowest BCUT2D eigenvalue weighted by Gasteiger charge is -2.04. The zero-order valence-electron chi connectivity index (χ0n) is 13.0. The van der Waals surface area contributed by atoms with Gasteiger partial charge in [0.2, 0.25) is 5.82 Å². The van der Waals surface area contributed by atoms with Gasteiger partial charge >= 0.3 is 5.97 Å². The van der Waals surface area contributed by atoms with Crippen LogP contribution >= 0.6 is 0 Å². The molecular weight excluding hydrogens is 294 g/mol. The molecule has 2 aromatic heterocycles. The first kappa shape index (κ1) is 14.9. The zero-order valence-corrected chi connectivity index (χ0v) is 13.0. The highest BCUT2D eigenvalue weighted by Crippen LogP contribution is 2.24. The zero-order chi connectivity index (χ0) is 16.4. The molecule has 116 valence electrons. The van der Waals surface area contributed by atoms with E-state index in [2.05, 4.69) is 15.1 Å². The van der Waals surface area contributed by atoms with Crippen molar-refractivity contribution in [3.05, 3.63) is 53.3 Å². The second-order valence-electron chi connectivity index (χ2n) is 5.13. The molecule has 0 aliphatic heterocycles. The Hall–Kier alpha value is -3.02. The van der Waals surface area contributed by atoms with Crippen LogP contribution in [0.1, 0.15) is 21.6 Å². The molecule has 0 saturated carbocycles. The average molecular weight is 309 g/mol. The number of esters is 1. The van der Waals surface area contributed by atoms with Gasteiger partial charge in [-0.25, -0.2) is 4.79 Å². The number of methoxy groups -OCH3 is 1. The first-order chi connectivity index (χ1) is 11.1. The van der Waals surface area contributed by atoms with Gasteiger partial charge in [-0.2, -0.15) is 4.98 Å². The van der Waals surface area contributed by atoms with Crippen LogP contribution in [-0.2, 0) is 4.74 Å². The minimum Gasteiger partial charge on any atom is -0.465 e. The van der Waals surface area contributed by atoms with E-state index in [1.54, 1.807) is 18.3 Å². The lowest BCUT2D eigenvalue weighted by atomic mass is 10.0. The third kappa shape index (κ3) is 2.96. The summed E-state index contributed by atoms with van der Waals surface area (Å²) < 4.78 is 10.0. The third-order valence-corrected chi connectivity index (χ3v) is 3.47. The van der Waals surface area contributed by atoms with E-state index >= 15 is 0 Å². The number of hydrogen-bond acceptors (Lipinski definition) is 6. The Balaban J connectivity index is 1.93. The van der Waals surface area contributed by atoms with Crippen molar-refractivity contribution in [3.63, 3.8) is 0 Å². The number of carbonyl (C=O) groups is 1. The normalized spacial score (nSPS) is 10.6. The molecule has 0 spiro atoms. The topological polar surface area (TPSA) is 78.1 Å². The van der Waals surface area contributed by atoms with Crippen LogP contribution in [-0.4, -0.2) is 28.2 Å². The molecule has 0 atom stereocenters. The molecule has 0 N–H and O–H groups in total. The SMILES string of the molecule is COC(=O)c1ccc(-c2noc(-c3ccc(C)nc3)n2)cc1C. The van der Waals surface area contributed by atoms with E-state index in [0.29, 0.717) is 17.3 Å². The second kappa shape index (κ2) is 6.00. The van der Waals surface area contributed by atoms with E-state index in [4.69, 9.17) is 9.26 Å². The van der Waals surface area contributed by atoms with Gasteiger partial charge in [0.15, 0.2) is 0 Å². The van der Waals surface area contributed by atoms with Crippen molar-refractivity contribution in [2.45, 2.75) is 13.8 Å². The summed E-state index contributed by atoms with van der Waals surface area (Å²) in [7, 11) is 1.36. The summed E-state index contributed by atoms with van der Waals surface area (Å²) in [6.45, 7) is 3.75. The van der Waals surface area contributed by atoms with Crippen LogP contribution in [0.25, 0.3) is 22.8 Å². The number of rotatable bonds is 3. The van der Waals surface area contributed by atoms with E-state index < -0.39 is 0 Å². The summed E-state index contributed by atoms with van der Waals surface area (Å²) in [6.07, 6.45) is 1.69. The summed E-state index contributed by atoms with van der Waals surface area (Å²) in [4.78, 5) is 20.2. The van der Waals surface area contributed by atoms with Crippen molar-refractivity contribution in [3.8, 4) is 22.8 Å². The molecule has 0 aliphatic rings. The maximum atomic E-state index is 11.6. The van der Waals surface area contributed by atoms with Crippen LogP contribution in [0.2, 0.25) is 0 Å². The van der Waals surface area contributed by atoms with Gasteiger partial charge < -0.3 is 9.26 Å². The van der Waals surface area contributed by atoms with Gasteiger partial charge in [0.25, 0.3) is 5.89 Å². The van der Waals surface area contributed by atoms with Crippen LogP contribution < -0.4 is 0 Å². The van der Waals surface area contributed by atoms with E-state index in [1.165, 1.54) is 7.11 Å². The highest BCUT2D eigenvalue weighted by molar-refractivity contribution is 5.91. The van der Waals surface area contributed by atoms with Gasteiger partial charge in [0, 0.05) is 17.5 Å². The number of hydrogen-bond donors (Lipinski definition) is 0. The van der Waals surface area contributed by atoms with Crippen LogP contribution in [0.3, 0.4) is 0 Å². The summed E-state index contributed by atoms with van der Waals surface area (Å²) in [5, 5.41) is 3.99. The van der Waals surface area contributed by atoms with Gasteiger partial charge in [0.05, 0.1) is 18.2 Å². The molecule has 0 unspecified atom stereocenters. The van der Waals surface area contributed by atoms with Crippen molar-refractivity contribution in [1.29, 1.82) is 0 Å². The number of aromatic nitrogens is 3. The quantitative estimate of drug-likeness (QED) is 0.691. The maximum Gasteiger partial charge on any atom is 0.338 e. The molecule has 0 bridgehead atoms. The summed E-state index contributed by atoms with van der Waals surface area (Å²) >= 11 is 0. The number of nitrogens with zero attached hydrogens (tertiary/aromatic N) is 3. The van der Waals surface area contributed by atoms with Crippen LogP contribution in [0.15, 0.2) is 41.1 Å².